The van der Waals surface area contributed by atoms with Crippen molar-refractivity contribution >= 4 is 5.78 Å². The molecule has 0 bridgehead atoms. The molecule has 1 aliphatic heterocycles. The number of hydrogen-bond donors (Lipinski definition) is 0. The van der Waals surface area contributed by atoms with Crippen molar-refractivity contribution in [3.63, 3.8) is 0 Å². The van der Waals surface area contributed by atoms with Crippen LogP contribution in [0.1, 0.15) is 44.9 Å². The van der Waals surface area contributed by atoms with Crippen LogP contribution >= 0.6 is 0 Å². The van der Waals surface area contributed by atoms with Crippen LogP contribution in [-0.4, -0.2) is 24.8 Å². The third-order valence-corrected chi connectivity index (χ3v) is 3.11. The van der Waals surface area contributed by atoms with E-state index in [1.54, 1.807) is 0 Å². The van der Waals surface area contributed by atoms with Gasteiger partial charge in [-0.2, -0.15) is 0 Å². The minimum Gasteiger partial charge on any atom is -0.353 e. The van der Waals surface area contributed by atoms with Crippen molar-refractivity contribution in [2.75, 3.05) is 6.61 Å². The average molecular weight is 224 g/mol. The molecule has 90 valence electrons. The Hall–Kier alpha value is -0.670. The number of Topliss-reactive ketones (excluding diaryl/α,β-unsaturated/α-hetero) is 1. The van der Waals surface area contributed by atoms with Gasteiger partial charge in [-0.3, -0.25) is 4.79 Å². The second kappa shape index (κ2) is 6.16. The van der Waals surface area contributed by atoms with Gasteiger partial charge in [-0.1, -0.05) is 12.2 Å². The highest BCUT2D eigenvalue weighted by atomic mass is 16.7. The standard InChI is InChI=1S/C13H20O3/c14-11-5-1-2-6-12(9-8-11)16-13-7-3-4-10-15-13/h2,6,12-13H,1,3-5,7-10H2/b6-2-. The van der Waals surface area contributed by atoms with Gasteiger partial charge in [0, 0.05) is 19.4 Å². The van der Waals surface area contributed by atoms with Gasteiger partial charge >= 0.3 is 0 Å². The Balaban J connectivity index is 1.82. The fourth-order valence-electron chi connectivity index (χ4n) is 2.14. The van der Waals surface area contributed by atoms with Crippen molar-refractivity contribution in [2.45, 2.75) is 57.3 Å². The predicted octanol–water partition coefficient (Wildman–Crippen LogP) is 2.60. The first-order valence-corrected chi connectivity index (χ1v) is 6.30. The lowest BCUT2D eigenvalue weighted by atomic mass is 10.0. The van der Waals surface area contributed by atoms with E-state index in [1.807, 2.05) is 0 Å². The van der Waals surface area contributed by atoms with Gasteiger partial charge in [0.1, 0.15) is 5.78 Å². The maximum atomic E-state index is 11.4. The van der Waals surface area contributed by atoms with E-state index in [1.165, 1.54) is 6.42 Å². The van der Waals surface area contributed by atoms with Gasteiger partial charge in [0.2, 0.25) is 0 Å². The minimum atomic E-state index is -0.0575. The maximum absolute atomic E-state index is 11.4. The van der Waals surface area contributed by atoms with Crippen LogP contribution in [0, 0.1) is 0 Å². The Morgan fingerprint density at radius 3 is 3.00 bits per heavy atom. The van der Waals surface area contributed by atoms with Gasteiger partial charge in [0.15, 0.2) is 6.29 Å². The highest BCUT2D eigenvalue weighted by Gasteiger charge is 2.19. The molecular weight excluding hydrogens is 204 g/mol. The van der Waals surface area contributed by atoms with Crippen LogP contribution in [0.2, 0.25) is 0 Å². The van der Waals surface area contributed by atoms with Crippen molar-refractivity contribution in [1.29, 1.82) is 0 Å². The molecule has 1 fully saturated rings. The molecule has 2 unspecified atom stereocenters. The van der Waals surface area contributed by atoms with Gasteiger partial charge in [-0.15, -0.1) is 0 Å². The fourth-order valence-corrected chi connectivity index (χ4v) is 2.14. The number of rotatable bonds is 2. The van der Waals surface area contributed by atoms with E-state index in [-0.39, 0.29) is 12.4 Å². The van der Waals surface area contributed by atoms with Crippen LogP contribution < -0.4 is 0 Å². The third kappa shape index (κ3) is 3.72. The number of carbonyl (C=O) groups is 1. The molecule has 16 heavy (non-hydrogen) atoms. The Bertz CT molecular complexity index is 254. The van der Waals surface area contributed by atoms with E-state index < -0.39 is 0 Å². The van der Waals surface area contributed by atoms with E-state index in [9.17, 15) is 4.79 Å². The maximum Gasteiger partial charge on any atom is 0.158 e. The molecule has 1 aliphatic carbocycles. The highest BCUT2D eigenvalue weighted by molar-refractivity contribution is 5.78. The molecule has 0 spiro atoms. The lowest BCUT2D eigenvalue weighted by molar-refractivity contribution is -0.180. The first-order chi connectivity index (χ1) is 7.84. The molecule has 0 saturated carbocycles. The van der Waals surface area contributed by atoms with Crippen LogP contribution in [0.4, 0.5) is 0 Å². The molecule has 1 heterocycles. The lowest BCUT2D eigenvalue weighted by Gasteiger charge is -2.26. The molecule has 3 nitrogen and oxygen atoms in total. The van der Waals surface area contributed by atoms with Gasteiger partial charge < -0.3 is 9.47 Å². The molecule has 2 aliphatic rings. The molecular formula is C13H20O3. The predicted molar refractivity (Wildman–Crippen MR) is 61.1 cm³/mol. The molecule has 0 aromatic rings. The summed E-state index contributed by atoms with van der Waals surface area (Å²) in [6.07, 6.45) is 10.4. The summed E-state index contributed by atoms with van der Waals surface area (Å²) >= 11 is 0. The molecule has 2 rings (SSSR count). The van der Waals surface area contributed by atoms with E-state index in [0.29, 0.717) is 18.6 Å². The summed E-state index contributed by atoms with van der Waals surface area (Å²) in [5, 5.41) is 0. The Labute approximate surface area is 96.8 Å². The SMILES string of the molecule is O=C1CC/C=C\C(OC2CCCCO2)CC1. The van der Waals surface area contributed by atoms with E-state index in [2.05, 4.69) is 12.2 Å². The Morgan fingerprint density at radius 1 is 1.25 bits per heavy atom. The molecule has 0 amide bonds. The Morgan fingerprint density at radius 2 is 2.19 bits per heavy atom. The summed E-state index contributed by atoms with van der Waals surface area (Å²) in [4.78, 5) is 11.4. The summed E-state index contributed by atoms with van der Waals surface area (Å²) < 4.78 is 11.4. The number of ketones is 1. The van der Waals surface area contributed by atoms with Gasteiger partial charge in [0.05, 0.1) is 6.10 Å². The van der Waals surface area contributed by atoms with E-state index >= 15 is 0 Å². The quantitative estimate of drug-likeness (QED) is 0.676. The number of hydrogen-bond acceptors (Lipinski definition) is 3. The van der Waals surface area contributed by atoms with Crippen LogP contribution in [-0.2, 0) is 14.3 Å². The van der Waals surface area contributed by atoms with Gasteiger partial charge in [-0.25, -0.2) is 0 Å². The average Bonchev–Trinajstić information content (AvgIpc) is 2.30. The first kappa shape index (κ1) is 11.8. The van der Waals surface area contributed by atoms with Gasteiger partial charge in [0.25, 0.3) is 0 Å². The summed E-state index contributed by atoms with van der Waals surface area (Å²) in [6, 6.07) is 0. The van der Waals surface area contributed by atoms with E-state index in [4.69, 9.17) is 9.47 Å². The second-order valence-corrected chi connectivity index (χ2v) is 4.51. The molecule has 0 radical (unpaired) electrons. The van der Waals surface area contributed by atoms with Gasteiger partial charge in [-0.05, 0) is 32.1 Å². The molecule has 2 atom stereocenters. The zero-order chi connectivity index (χ0) is 11.2. The molecule has 0 N–H and O–H groups in total. The molecule has 0 aromatic carbocycles. The Kier molecular flexibility index (Phi) is 4.55. The molecule has 3 heteroatoms. The summed E-state index contributed by atoms with van der Waals surface area (Å²) in [5.41, 5.74) is 0. The number of ether oxygens (including phenoxy) is 2. The van der Waals surface area contributed by atoms with Crippen LogP contribution in [0.15, 0.2) is 12.2 Å². The second-order valence-electron chi connectivity index (χ2n) is 4.51. The summed E-state index contributed by atoms with van der Waals surface area (Å²) in [6.45, 7) is 0.806. The zero-order valence-corrected chi connectivity index (χ0v) is 9.69. The third-order valence-electron chi connectivity index (χ3n) is 3.11. The number of allylic oxidation sites excluding steroid dienone is 1. The topological polar surface area (TPSA) is 35.5 Å². The zero-order valence-electron chi connectivity index (χ0n) is 9.69. The van der Waals surface area contributed by atoms with Crippen LogP contribution in [0.25, 0.3) is 0 Å². The molecule has 1 saturated heterocycles. The number of carbonyl (C=O) groups excluding carboxylic acids is 1. The fraction of sp³-hybridized carbons (Fsp3) is 0.769. The van der Waals surface area contributed by atoms with Crippen molar-refractivity contribution in [2.24, 2.45) is 0 Å². The monoisotopic (exact) mass is 224 g/mol. The highest BCUT2D eigenvalue weighted by Crippen LogP contribution is 2.19. The van der Waals surface area contributed by atoms with Crippen molar-refractivity contribution in [1.82, 2.24) is 0 Å². The van der Waals surface area contributed by atoms with Crippen LogP contribution in [0.3, 0.4) is 0 Å². The summed E-state index contributed by atoms with van der Waals surface area (Å²) in [5.74, 6) is 0.350. The van der Waals surface area contributed by atoms with E-state index in [0.717, 1.165) is 32.3 Å². The van der Waals surface area contributed by atoms with Crippen molar-refractivity contribution in [3.05, 3.63) is 12.2 Å². The van der Waals surface area contributed by atoms with Crippen LogP contribution in [0.5, 0.6) is 0 Å². The smallest absolute Gasteiger partial charge is 0.158 e. The normalized spacial score (nSPS) is 34.1. The largest absolute Gasteiger partial charge is 0.353 e. The summed E-state index contributed by atoms with van der Waals surface area (Å²) in [7, 11) is 0. The lowest BCUT2D eigenvalue weighted by Crippen LogP contribution is -2.27. The first-order valence-electron chi connectivity index (χ1n) is 6.30. The van der Waals surface area contributed by atoms with Crippen molar-refractivity contribution in [3.8, 4) is 0 Å². The molecule has 0 aromatic heterocycles. The minimum absolute atomic E-state index is 0.0575. The van der Waals surface area contributed by atoms with Crippen molar-refractivity contribution < 1.29 is 14.3 Å².